The topological polar surface area (TPSA) is 41.9 Å². The number of aryl methyl sites for hydroxylation is 1. The van der Waals surface area contributed by atoms with E-state index >= 15 is 0 Å². The largest absolute Gasteiger partial charge is 0.496 e. The molecule has 0 radical (unpaired) electrons. The lowest BCUT2D eigenvalue weighted by atomic mass is 10.0. The Bertz CT molecular complexity index is 439. The van der Waals surface area contributed by atoms with E-state index in [1.807, 2.05) is 25.1 Å². The predicted molar refractivity (Wildman–Crippen MR) is 79.1 cm³/mol. The summed E-state index contributed by atoms with van der Waals surface area (Å²) in [6.45, 7) is 8.49. The molecular weight excluding hydrogens is 254 g/mol. The van der Waals surface area contributed by atoms with Gasteiger partial charge in [-0.05, 0) is 32.9 Å². The van der Waals surface area contributed by atoms with Gasteiger partial charge in [0, 0.05) is 25.2 Å². The van der Waals surface area contributed by atoms with Crippen molar-refractivity contribution in [3.8, 4) is 5.75 Å². The average molecular weight is 279 g/mol. The van der Waals surface area contributed by atoms with E-state index in [0.29, 0.717) is 6.54 Å². The van der Waals surface area contributed by atoms with Gasteiger partial charge in [-0.3, -0.25) is 4.90 Å². The molecule has 1 aromatic carbocycles. The van der Waals surface area contributed by atoms with Gasteiger partial charge in [0.05, 0.1) is 25.4 Å². The maximum absolute atomic E-state index is 10.5. The molecule has 1 unspecified atom stereocenters. The number of rotatable bonds is 4. The number of ether oxygens (including phenoxy) is 2. The van der Waals surface area contributed by atoms with Gasteiger partial charge in [0.2, 0.25) is 0 Å². The maximum Gasteiger partial charge on any atom is 0.124 e. The van der Waals surface area contributed by atoms with Crippen molar-refractivity contribution < 1.29 is 14.6 Å². The SMILES string of the molecule is COc1ccc(C)cc1C(O)CN1C[C@@H](C)O[C@@H](C)C1. The van der Waals surface area contributed by atoms with E-state index < -0.39 is 6.10 Å². The maximum atomic E-state index is 10.5. The number of benzene rings is 1. The molecule has 0 saturated carbocycles. The van der Waals surface area contributed by atoms with Crippen molar-refractivity contribution in [2.75, 3.05) is 26.7 Å². The summed E-state index contributed by atoms with van der Waals surface area (Å²) < 4.78 is 11.1. The lowest BCUT2D eigenvalue weighted by Crippen LogP contribution is -2.46. The Morgan fingerprint density at radius 1 is 1.35 bits per heavy atom. The average Bonchev–Trinajstić information content (AvgIpc) is 2.37. The normalized spacial score (nSPS) is 25.4. The van der Waals surface area contributed by atoms with E-state index in [2.05, 4.69) is 18.7 Å². The second kappa shape index (κ2) is 6.57. The summed E-state index contributed by atoms with van der Waals surface area (Å²) in [4.78, 5) is 2.26. The van der Waals surface area contributed by atoms with E-state index in [9.17, 15) is 5.11 Å². The Kier molecular flexibility index (Phi) is 5.02. The van der Waals surface area contributed by atoms with Gasteiger partial charge in [-0.15, -0.1) is 0 Å². The van der Waals surface area contributed by atoms with Gasteiger partial charge < -0.3 is 14.6 Å². The fourth-order valence-corrected chi connectivity index (χ4v) is 2.89. The highest BCUT2D eigenvalue weighted by Gasteiger charge is 2.25. The Balaban J connectivity index is 2.07. The molecule has 112 valence electrons. The molecule has 4 heteroatoms. The second-order valence-electron chi connectivity index (χ2n) is 5.74. The number of hydrogen-bond donors (Lipinski definition) is 1. The molecule has 0 spiro atoms. The molecule has 1 heterocycles. The van der Waals surface area contributed by atoms with Gasteiger partial charge in [0.25, 0.3) is 0 Å². The van der Waals surface area contributed by atoms with Gasteiger partial charge in [0.15, 0.2) is 0 Å². The van der Waals surface area contributed by atoms with Crippen molar-refractivity contribution >= 4 is 0 Å². The van der Waals surface area contributed by atoms with Crippen molar-refractivity contribution in [1.29, 1.82) is 0 Å². The fraction of sp³-hybridized carbons (Fsp3) is 0.625. The van der Waals surface area contributed by atoms with E-state index in [4.69, 9.17) is 9.47 Å². The van der Waals surface area contributed by atoms with Gasteiger partial charge >= 0.3 is 0 Å². The van der Waals surface area contributed by atoms with Crippen LogP contribution < -0.4 is 4.74 Å². The van der Waals surface area contributed by atoms with Crippen LogP contribution in [-0.4, -0.2) is 49.0 Å². The Hall–Kier alpha value is -1.10. The lowest BCUT2D eigenvalue weighted by Gasteiger charge is -2.36. The summed E-state index contributed by atoms with van der Waals surface area (Å²) in [5, 5.41) is 10.5. The number of β-amino-alcohol motifs (C(OH)–C–C–N with tert-alkyl or cyclic N) is 1. The standard InChI is InChI=1S/C16H25NO3/c1-11-5-6-16(19-4)14(7-11)15(18)10-17-8-12(2)20-13(3)9-17/h5-7,12-13,15,18H,8-10H2,1-4H3/t12-,13+,15?. The lowest BCUT2D eigenvalue weighted by molar-refractivity contribution is -0.0768. The van der Waals surface area contributed by atoms with Crippen molar-refractivity contribution in [3.05, 3.63) is 29.3 Å². The van der Waals surface area contributed by atoms with Crippen LogP contribution in [-0.2, 0) is 4.74 Å². The van der Waals surface area contributed by atoms with Crippen LogP contribution in [0.5, 0.6) is 5.75 Å². The molecule has 1 aromatic rings. The third kappa shape index (κ3) is 3.72. The molecule has 0 aliphatic carbocycles. The number of hydrogen-bond acceptors (Lipinski definition) is 4. The summed E-state index contributed by atoms with van der Waals surface area (Å²) in [6, 6.07) is 5.91. The summed E-state index contributed by atoms with van der Waals surface area (Å²) >= 11 is 0. The van der Waals surface area contributed by atoms with Crippen LogP contribution in [0.4, 0.5) is 0 Å². The van der Waals surface area contributed by atoms with E-state index in [1.165, 1.54) is 0 Å². The molecule has 1 N–H and O–H groups in total. The van der Waals surface area contributed by atoms with Gasteiger partial charge in [-0.2, -0.15) is 0 Å². The molecule has 0 aromatic heterocycles. The highest BCUT2D eigenvalue weighted by molar-refractivity contribution is 5.38. The first-order valence-corrected chi connectivity index (χ1v) is 7.20. The molecule has 0 amide bonds. The van der Waals surface area contributed by atoms with Crippen LogP contribution in [0.15, 0.2) is 18.2 Å². The van der Waals surface area contributed by atoms with Gasteiger partial charge in [-0.25, -0.2) is 0 Å². The first-order valence-electron chi connectivity index (χ1n) is 7.20. The van der Waals surface area contributed by atoms with Crippen LogP contribution in [0.2, 0.25) is 0 Å². The molecule has 1 fully saturated rings. The number of aliphatic hydroxyl groups excluding tert-OH is 1. The molecular formula is C16H25NO3. The van der Waals surface area contributed by atoms with E-state index in [0.717, 1.165) is 30.0 Å². The van der Waals surface area contributed by atoms with Crippen LogP contribution in [0.3, 0.4) is 0 Å². The summed E-state index contributed by atoms with van der Waals surface area (Å²) in [7, 11) is 1.64. The van der Waals surface area contributed by atoms with Crippen molar-refractivity contribution in [2.24, 2.45) is 0 Å². The monoisotopic (exact) mass is 279 g/mol. The van der Waals surface area contributed by atoms with Crippen LogP contribution in [0.25, 0.3) is 0 Å². The third-order valence-electron chi connectivity index (χ3n) is 3.67. The Morgan fingerprint density at radius 3 is 2.60 bits per heavy atom. The van der Waals surface area contributed by atoms with Crippen molar-refractivity contribution in [2.45, 2.75) is 39.1 Å². The van der Waals surface area contributed by atoms with E-state index in [1.54, 1.807) is 7.11 Å². The molecule has 20 heavy (non-hydrogen) atoms. The predicted octanol–water partition coefficient (Wildman–Crippen LogP) is 2.15. The highest BCUT2D eigenvalue weighted by Crippen LogP contribution is 2.27. The fourth-order valence-electron chi connectivity index (χ4n) is 2.89. The minimum absolute atomic E-state index is 0.213. The van der Waals surface area contributed by atoms with Crippen LogP contribution >= 0.6 is 0 Å². The smallest absolute Gasteiger partial charge is 0.124 e. The third-order valence-corrected chi connectivity index (χ3v) is 3.67. The summed E-state index contributed by atoms with van der Waals surface area (Å²) in [6.07, 6.45) is -0.113. The first kappa shape index (κ1) is 15.3. The molecule has 1 aliphatic heterocycles. The minimum Gasteiger partial charge on any atom is -0.496 e. The number of methoxy groups -OCH3 is 1. The van der Waals surface area contributed by atoms with Gasteiger partial charge in [0.1, 0.15) is 5.75 Å². The number of nitrogens with zero attached hydrogens (tertiary/aromatic N) is 1. The van der Waals surface area contributed by atoms with E-state index in [-0.39, 0.29) is 12.2 Å². The van der Waals surface area contributed by atoms with Crippen molar-refractivity contribution in [1.82, 2.24) is 4.90 Å². The molecule has 2 rings (SSSR count). The molecule has 0 bridgehead atoms. The molecule has 4 nitrogen and oxygen atoms in total. The number of aliphatic hydroxyl groups is 1. The van der Waals surface area contributed by atoms with Crippen LogP contribution in [0.1, 0.15) is 31.1 Å². The molecule has 1 saturated heterocycles. The van der Waals surface area contributed by atoms with Crippen molar-refractivity contribution in [3.63, 3.8) is 0 Å². The molecule has 3 atom stereocenters. The zero-order chi connectivity index (χ0) is 14.7. The zero-order valence-electron chi connectivity index (χ0n) is 12.8. The number of morpholine rings is 1. The Morgan fingerprint density at radius 2 is 2.00 bits per heavy atom. The highest BCUT2D eigenvalue weighted by atomic mass is 16.5. The second-order valence-corrected chi connectivity index (χ2v) is 5.74. The summed E-state index contributed by atoms with van der Waals surface area (Å²) in [5.41, 5.74) is 1.99. The van der Waals surface area contributed by atoms with Gasteiger partial charge in [-0.1, -0.05) is 11.6 Å². The first-order chi connectivity index (χ1) is 9.49. The quantitative estimate of drug-likeness (QED) is 0.917. The zero-order valence-corrected chi connectivity index (χ0v) is 12.8. The van der Waals surface area contributed by atoms with Crippen LogP contribution in [0, 0.1) is 6.92 Å². The Labute approximate surface area is 121 Å². The summed E-state index contributed by atoms with van der Waals surface area (Å²) in [5.74, 6) is 0.748. The minimum atomic E-state index is -0.539. The molecule has 1 aliphatic rings.